The van der Waals surface area contributed by atoms with Crippen LogP contribution in [0.15, 0.2) is 46.6 Å². The Balaban J connectivity index is 0. The standard InChI is InChI=1S/C13H22O.C11H18O2/c1-11(2)7-5-8-12(3)9-6-10-13(4)14;1-9(2)5-4-6-10(3)7-8-11(12)13/h7,9H,5-6,8,10H2,1-4H3;5,7H,4,6,8H2,1-3H3,(H,12,13)/b12-9+;10-7+. The molecular weight excluding hydrogens is 336 g/mol. The van der Waals surface area contributed by atoms with E-state index < -0.39 is 5.97 Å². The summed E-state index contributed by atoms with van der Waals surface area (Å²) in [6.45, 7) is 14.1. The first-order chi connectivity index (χ1) is 12.5. The van der Waals surface area contributed by atoms with Gasteiger partial charge in [0.15, 0.2) is 0 Å². The summed E-state index contributed by atoms with van der Waals surface area (Å²) in [4.78, 5) is 20.9. The summed E-state index contributed by atoms with van der Waals surface area (Å²) in [6.07, 6.45) is 14.3. The molecule has 0 aliphatic carbocycles. The van der Waals surface area contributed by atoms with Gasteiger partial charge in [-0.2, -0.15) is 0 Å². The van der Waals surface area contributed by atoms with Crippen molar-refractivity contribution in [1.29, 1.82) is 0 Å². The van der Waals surface area contributed by atoms with Crippen LogP contribution in [0.4, 0.5) is 0 Å². The molecule has 0 aliphatic heterocycles. The maximum atomic E-state index is 10.7. The van der Waals surface area contributed by atoms with Crippen LogP contribution in [0.25, 0.3) is 0 Å². The lowest BCUT2D eigenvalue weighted by Gasteiger charge is -1.98. The van der Waals surface area contributed by atoms with Gasteiger partial charge in [-0.05, 0) is 80.6 Å². The summed E-state index contributed by atoms with van der Waals surface area (Å²) in [5, 5.41) is 8.42. The Morgan fingerprint density at radius 1 is 0.630 bits per heavy atom. The smallest absolute Gasteiger partial charge is 0.307 e. The second-order valence-corrected chi connectivity index (χ2v) is 7.58. The minimum atomic E-state index is -0.762. The molecule has 0 fully saturated rings. The molecule has 0 atom stereocenters. The van der Waals surface area contributed by atoms with E-state index in [1.807, 2.05) is 6.92 Å². The molecule has 0 aliphatic rings. The first kappa shape index (κ1) is 27.3. The van der Waals surface area contributed by atoms with Gasteiger partial charge in [-0.15, -0.1) is 0 Å². The average Bonchev–Trinajstić information content (AvgIpc) is 2.52. The van der Waals surface area contributed by atoms with Gasteiger partial charge in [0.2, 0.25) is 0 Å². The minimum absolute atomic E-state index is 0.140. The molecule has 3 nitrogen and oxygen atoms in total. The van der Waals surface area contributed by atoms with Gasteiger partial charge in [0.25, 0.3) is 0 Å². The summed E-state index contributed by atoms with van der Waals surface area (Å²) in [6, 6.07) is 0. The van der Waals surface area contributed by atoms with Gasteiger partial charge in [-0.1, -0.05) is 46.6 Å². The van der Waals surface area contributed by atoms with Gasteiger partial charge in [-0.3, -0.25) is 4.79 Å². The highest BCUT2D eigenvalue weighted by Gasteiger charge is 1.94. The molecule has 0 unspecified atom stereocenters. The molecule has 0 saturated heterocycles. The fourth-order valence-corrected chi connectivity index (χ4v) is 2.16. The number of Topliss-reactive ketones (excluding diaryl/α,β-unsaturated/α-hetero) is 1. The third-order valence-corrected chi connectivity index (χ3v) is 3.80. The van der Waals surface area contributed by atoms with Crippen molar-refractivity contribution in [3.8, 4) is 0 Å². The first-order valence-electron chi connectivity index (χ1n) is 9.83. The van der Waals surface area contributed by atoms with Gasteiger partial charge >= 0.3 is 5.97 Å². The normalized spacial score (nSPS) is 11.2. The van der Waals surface area contributed by atoms with Crippen LogP contribution in [0.5, 0.6) is 0 Å². The molecule has 0 radical (unpaired) electrons. The number of hydrogen-bond donors (Lipinski definition) is 1. The Labute approximate surface area is 166 Å². The van der Waals surface area contributed by atoms with E-state index in [0.29, 0.717) is 6.42 Å². The van der Waals surface area contributed by atoms with E-state index in [2.05, 4.69) is 52.8 Å². The van der Waals surface area contributed by atoms with E-state index >= 15 is 0 Å². The molecule has 0 rings (SSSR count). The Bertz CT molecular complexity index is 552. The maximum absolute atomic E-state index is 10.7. The zero-order chi connectivity index (χ0) is 21.2. The predicted octanol–water partition coefficient (Wildman–Crippen LogP) is 7.20. The van der Waals surface area contributed by atoms with Crippen LogP contribution in [0.2, 0.25) is 0 Å². The van der Waals surface area contributed by atoms with Gasteiger partial charge in [0.1, 0.15) is 5.78 Å². The fourth-order valence-electron chi connectivity index (χ4n) is 2.16. The first-order valence-corrected chi connectivity index (χ1v) is 9.83. The van der Waals surface area contributed by atoms with E-state index in [0.717, 1.165) is 37.7 Å². The summed E-state index contributed by atoms with van der Waals surface area (Å²) >= 11 is 0. The van der Waals surface area contributed by atoms with Crippen LogP contribution in [-0.2, 0) is 9.59 Å². The Hall–Kier alpha value is -1.90. The molecule has 0 aromatic carbocycles. The van der Waals surface area contributed by atoms with Crippen molar-refractivity contribution < 1.29 is 14.7 Å². The number of carboxylic acid groups (broad SMARTS) is 1. The number of allylic oxidation sites excluding steroid dienone is 7. The number of aliphatic carboxylic acids is 1. The van der Waals surface area contributed by atoms with Crippen LogP contribution in [0, 0.1) is 0 Å². The molecule has 27 heavy (non-hydrogen) atoms. The molecule has 0 aromatic rings. The quantitative estimate of drug-likeness (QED) is 0.388. The molecule has 0 bridgehead atoms. The van der Waals surface area contributed by atoms with E-state index in [1.165, 1.54) is 16.7 Å². The molecule has 154 valence electrons. The van der Waals surface area contributed by atoms with Crippen molar-refractivity contribution in [3.05, 3.63) is 46.6 Å². The lowest BCUT2D eigenvalue weighted by Crippen LogP contribution is -1.91. The zero-order valence-corrected chi connectivity index (χ0v) is 18.5. The molecular formula is C24H40O3. The van der Waals surface area contributed by atoms with E-state index in [9.17, 15) is 9.59 Å². The molecule has 3 heteroatoms. The third-order valence-electron chi connectivity index (χ3n) is 3.80. The van der Waals surface area contributed by atoms with Crippen molar-refractivity contribution in [2.75, 3.05) is 0 Å². The lowest BCUT2D eigenvalue weighted by molar-refractivity contribution is -0.136. The Morgan fingerprint density at radius 2 is 1.04 bits per heavy atom. The van der Waals surface area contributed by atoms with Crippen LogP contribution in [-0.4, -0.2) is 16.9 Å². The zero-order valence-electron chi connectivity index (χ0n) is 18.5. The molecule has 1 N–H and O–H groups in total. The highest BCUT2D eigenvalue weighted by molar-refractivity contribution is 5.75. The van der Waals surface area contributed by atoms with Crippen LogP contribution in [0.3, 0.4) is 0 Å². The summed E-state index contributed by atoms with van der Waals surface area (Å²) in [5.74, 6) is -0.486. The topological polar surface area (TPSA) is 54.4 Å². The number of carboxylic acids is 1. The SMILES string of the molecule is CC(=O)CC/C=C(\C)CCC=C(C)C.CC(C)=CCC/C(C)=C/CC(=O)O. The number of rotatable bonds is 11. The second-order valence-electron chi connectivity index (χ2n) is 7.58. The van der Waals surface area contributed by atoms with Crippen molar-refractivity contribution in [1.82, 2.24) is 0 Å². The monoisotopic (exact) mass is 376 g/mol. The number of carbonyl (C=O) groups excluding carboxylic acids is 1. The van der Waals surface area contributed by atoms with E-state index in [4.69, 9.17) is 5.11 Å². The average molecular weight is 377 g/mol. The summed E-state index contributed by atoms with van der Waals surface area (Å²) in [5.41, 5.74) is 5.23. The number of ketones is 1. The molecule has 0 aromatic heterocycles. The van der Waals surface area contributed by atoms with Gasteiger partial charge < -0.3 is 9.90 Å². The Morgan fingerprint density at radius 3 is 1.41 bits per heavy atom. The van der Waals surface area contributed by atoms with E-state index in [1.54, 1.807) is 13.0 Å². The van der Waals surface area contributed by atoms with Crippen LogP contribution >= 0.6 is 0 Å². The van der Waals surface area contributed by atoms with Crippen molar-refractivity contribution >= 4 is 11.8 Å². The molecule has 0 amide bonds. The summed E-state index contributed by atoms with van der Waals surface area (Å²) in [7, 11) is 0. The largest absolute Gasteiger partial charge is 0.481 e. The fraction of sp³-hybridized carbons (Fsp3) is 0.583. The molecule has 0 saturated carbocycles. The highest BCUT2D eigenvalue weighted by atomic mass is 16.4. The number of carbonyl (C=O) groups is 2. The minimum Gasteiger partial charge on any atom is -0.481 e. The molecule has 0 heterocycles. The van der Waals surface area contributed by atoms with Gasteiger partial charge in [-0.25, -0.2) is 0 Å². The van der Waals surface area contributed by atoms with Gasteiger partial charge in [0, 0.05) is 6.42 Å². The van der Waals surface area contributed by atoms with Crippen molar-refractivity contribution in [2.45, 2.75) is 93.4 Å². The lowest BCUT2D eigenvalue weighted by atomic mass is 10.1. The second kappa shape index (κ2) is 17.5. The highest BCUT2D eigenvalue weighted by Crippen LogP contribution is 2.09. The molecule has 0 spiro atoms. The van der Waals surface area contributed by atoms with Crippen molar-refractivity contribution in [3.63, 3.8) is 0 Å². The van der Waals surface area contributed by atoms with Gasteiger partial charge in [0.05, 0.1) is 6.42 Å². The number of hydrogen-bond acceptors (Lipinski definition) is 2. The predicted molar refractivity (Wildman–Crippen MR) is 117 cm³/mol. The van der Waals surface area contributed by atoms with Crippen molar-refractivity contribution in [2.24, 2.45) is 0 Å². The Kier molecular flexibility index (Phi) is 17.7. The maximum Gasteiger partial charge on any atom is 0.307 e. The third kappa shape index (κ3) is 26.4. The summed E-state index contributed by atoms with van der Waals surface area (Å²) < 4.78 is 0. The van der Waals surface area contributed by atoms with Crippen LogP contribution < -0.4 is 0 Å². The van der Waals surface area contributed by atoms with E-state index in [-0.39, 0.29) is 12.2 Å². The van der Waals surface area contributed by atoms with Crippen LogP contribution in [0.1, 0.15) is 93.4 Å².